The number of nitrogens with one attached hydrogen (secondary N) is 1. The molecule has 0 saturated carbocycles. The number of hydrogen-bond acceptors (Lipinski definition) is 3. The molecule has 1 aliphatic heterocycles. The van der Waals surface area contributed by atoms with E-state index in [0.717, 1.165) is 0 Å². The third kappa shape index (κ3) is 0.994. The van der Waals surface area contributed by atoms with Gasteiger partial charge < -0.3 is 5.02 Å². The highest BCUT2D eigenvalue weighted by Gasteiger charge is 2.29. The Morgan fingerprint density at radius 2 is 2.17 bits per heavy atom. The molecule has 2 N–H and O–H groups in total. The minimum Gasteiger partial charge on any atom is -0.422 e. The molecular weight excluding hydrogens is 157 g/mol. The first-order valence-electron chi connectivity index (χ1n) is 3.52. The lowest BCUT2D eigenvalue weighted by molar-refractivity contribution is 0.0702. The van der Waals surface area contributed by atoms with Crippen LogP contribution in [0.15, 0.2) is 24.3 Å². The van der Waals surface area contributed by atoms with Gasteiger partial charge in [0.2, 0.25) is 0 Å². The summed E-state index contributed by atoms with van der Waals surface area (Å²) in [6, 6.07) is 6.76. The smallest absolute Gasteiger partial charge is 0.422 e. The lowest BCUT2D eigenvalue weighted by Gasteiger charge is -2.17. The molecule has 60 valence electrons. The Morgan fingerprint density at radius 3 is 2.92 bits per heavy atom. The molecule has 12 heavy (non-hydrogen) atoms. The maximum absolute atomic E-state index is 11.1. The van der Waals surface area contributed by atoms with Crippen LogP contribution in [0.1, 0.15) is 10.4 Å². The molecule has 0 radical (unpaired) electrons. The van der Waals surface area contributed by atoms with Gasteiger partial charge in [0.15, 0.2) is 0 Å². The molecule has 0 fully saturated rings. The Bertz CT molecular complexity index is 328. The van der Waals surface area contributed by atoms with E-state index in [1.165, 1.54) is 0 Å². The number of carbonyl (C=O) groups excluding carboxylic acids is 1. The number of benzene rings is 1. The monoisotopic (exact) mass is 163 g/mol. The third-order valence-electron chi connectivity index (χ3n) is 1.73. The lowest BCUT2D eigenvalue weighted by Crippen LogP contribution is -2.49. The first-order valence-corrected chi connectivity index (χ1v) is 3.52. The van der Waals surface area contributed by atoms with Crippen LogP contribution in [0.3, 0.4) is 0 Å². The highest BCUT2D eigenvalue weighted by atomic mass is 16.7. The van der Waals surface area contributed by atoms with E-state index in [1.54, 1.807) is 24.3 Å². The van der Waals surface area contributed by atoms with Crippen molar-refractivity contribution in [1.29, 1.82) is 0 Å². The van der Waals surface area contributed by atoms with Crippen molar-refractivity contribution in [3.63, 3.8) is 0 Å². The number of carbonyl (C=O) groups is 1. The fourth-order valence-electron chi connectivity index (χ4n) is 1.15. The zero-order chi connectivity index (χ0) is 8.55. The van der Waals surface area contributed by atoms with E-state index < -0.39 is 7.12 Å². The van der Waals surface area contributed by atoms with Crippen molar-refractivity contribution in [2.24, 2.45) is 0 Å². The van der Waals surface area contributed by atoms with Gasteiger partial charge in [-0.1, -0.05) is 18.2 Å². The van der Waals surface area contributed by atoms with Gasteiger partial charge in [-0.25, -0.2) is 5.48 Å². The van der Waals surface area contributed by atoms with Crippen LogP contribution in [0.25, 0.3) is 0 Å². The average Bonchev–Trinajstić information content (AvgIpc) is 2.12. The van der Waals surface area contributed by atoms with Gasteiger partial charge in [-0.15, -0.1) is 0 Å². The normalized spacial score (nSPS) is 15.4. The van der Waals surface area contributed by atoms with Crippen LogP contribution in [-0.2, 0) is 4.76 Å². The second-order valence-corrected chi connectivity index (χ2v) is 2.49. The van der Waals surface area contributed by atoms with Crippen LogP contribution in [-0.4, -0.2) is 18.0 Å². The van der Waals surface area contributed by atoms with Crippen LogP contribution >= 0.6 is 0 Å². The Balaban J connectivity index is 2.55. The fourth-order valence-corrected chi connectivity index (χ4v) is 1.15. The molecule has 0 saturated heterocycles. The number of hydroxylamine groups is 1. The Hall–Kier alpha value is -1.33. The van der Waals surface area contributed by atoms with Gasteiger partial charge in [-0.3, -0.25) is 9.55 Å². The first kappa shape index (κ1) is 7.33. The Morgan fingerprint density at radius 1 is 1.42 bits per heavy atom. The van der Waals surface area contributed by atoms with Crippen LogP contribution < -0.4 is 10.9 Å². The lowest BCUT2D eigenvalue weighted by atomic mass is 9.75. The summed E-state index contributed by atoms with van der Waals surface area (Å²) in [7, 11) is -1.06. The van der Waals surface area contributed by atoms with Crippen LogP contribution in [0.4, 0.5) is 0 Å². The van der Waals surface area contributed by atoms with E-state index in [-0.39, 0.29) is 5.91 Å². The number of rotatable bonds is 0. The molecule has 0 spiro atoms. The summed E-state index contributed by atoms with van der Waals surface area (Å²) in [6.07, 6.45) is 0. The number of fused-ring (bicyclic) bond motifs is 1. The van der Waals surface area contributed by atoms with Crippen molar-refractivity contribution in [2.45, 2.75) is 0 Å². The second-order valence-electron chi connectivity index (χ2n) is 2.49. The van der Waals surface area contributed by atoms with E-state index >= 15 is 0 Å². The predicted molar refractivity (Wildman–Crippen MR) is 42.6 cm³/mol. The Kier molecular flexibility index (Phi) is 1.60. The summed E-state index contributed by atoms with van der Waals surface area (Å²) in [5.74, 6) is -0.323. The summed E-state index contributed by atoms with van der Waals surface area (Å²) < 4.78 is 4.57. The molecule has 1 aromatic carbocycles. The van der Waals surface area contributed by atoms with E-state index in [4.69, 9.17) is 0 Å². The quantitative estimate of drug-likeness (QED) is 0.484. The van der Waals surface area contributed by atoms with Crippen molar-refractivity contribution in [3.05, 3.63) is 29.8 Å². The molecule has 0 aromatic heterocycles. The van der Waals surface area contributed by atoms with Crippen LogP contribution in [0, 0.1) is 0 Å². The van der Waals surface area contributed by atoms with E-state index in [9.17, 15) is 9.82 Å². The van der Waals surface area contributed by atoms with Crippen LogP contribution in [0.5, 0.6) is 0 Å². The van der Waals surface area contributed by atoms with Gasteiger partial charge in [-0.2, -0.15) is 0 Å². The molecular formula is C7H6BNO3. The van der Waals surface area contributed by atoms with Crippen molar-refractivity contribution in [1.82, 2.24) is 5.48 Å². The van der Waals surface area contributed by atoms with Gasteiger partial charge in [0.1, 0.15) is 0 Å². The average molecular weight is 163 g/mol. The SMILES string of the molecule is O=C1NOB(O)c2ccccc21. The van der Waals surface area contributed by atoms with Crippen molar-refractivity contribution < 1.29 is 14.6 Å². The molecule has 0 bridgehead atoms. The van der Waals surface area contributed by atoms with Crippen LogP contribution in [0.2, 0.25) is 0 Å². The fraction of sp³-hybridized carbons (Fsp3) is 0. The number of hydrogen-bond donors (Lipinski definition) is 2. The van der Waals surface area contributed by atoms with Crippen molar-refractivity contribution >= 4 is 18.5 Å². The molecule has 5 heteroatoms. The molecule has 1 aliphatic rings. The second kappa shape index (κ2) is 2.62. The van der Waals surface area contributed by atoms with Crippen molar-refractivity contribution in [2.75, 3.05) is 0 Å². The third-order valence-corrected chi connectivity index (χ3v) is 1.73. The van der Waals surface area contributed by atoms with E-state index in [0.29, 0.717) is 11.0 Å². The minimum absolute atomic E-state index is 0.323. The highest BCUT2D eigenvalue weighted by molar-refractivity contribution is 6.62. The van der Waals surface area contributed by atoms with E-state index in [2.05, 4.69) is 10.2 Å². The van der Waals surface area contributed by atoms with Crippen molar-refractivity contribution in [3.8, 4) is 0 Å². The molecule has 1 aromatic rings. The maximum atomic E-state index is 11.1. The molecule has 1 heterocycles. The Labute approximate surface area is 69.3 Å². The zero-order valence-corrected chi connectivity index (χ0v) is 6.15. The molecule has 0 aliphatic carbocycles. The topological polar surface area (TPSA) is 58.6 Å². The highest BCUT2D eigenvalue weighted by Crippen LogP contribution is 2.02. The minimum atomic E-state index is -1.06. The molecule has 2 rings (SSSR count). The van der Waals surface area contributed by atoms with Gasteiger partial charge in [0.25, 0.3) is 5.91 Å². The van der Waals surface area contributed by atoms with Gasteiger partial charge in [0, 0.05) is 5.56 Å². The van der Waals surface area contributed by atoms with Gasteiger partial charge in [-0.05, 0) is 11.5 Å². The number of amides is 1. The standard InChI is InChI=1S/C7H6BNO3/c10-7-5-3-1-2-4-6(5)8(11)12-9-7/h1-4,11H,(H,9,10). The molecule has 0 atom stereocenters. The van der Waals surface area contributed by atoms with Gasteiger partial charge >= 0.3 is 7.12 Å². The van der Waals surface area contributed by atoms with E-state index in [1.807, 2.05) is 0 Å². The maximum Gasteiger partial charge on any atom is 0.515 e. The summed E-state index contributed by atoms with van der Waals surface area (Å²) in [5, 5.41) is 9.24. The summed E-state index contributed by atoms with van der Waals surface area (Å²) in [5.41, 5.74) is 3.06. The zero-order valence-electron chi connectivity index (χ0n) is 6.15. The summed E-state index contributed by atoms with van der Waals surface area (Å²) in [4.78, 5) is 11.1. The largest absolute Gasteiger partial charge is 0.515 e. The molecule has 1 amide bonds. The summed E-state index contributed by atoms with van der Waals surface area (Å²) >= 11 is 0. The summed E-state index contributed by atoms with van der Waals surface area (Å²) in [6.45, 7) is 0. The first-order chi connectivity index (χ1) is 5.79. The van der Waals surface area contributed by atoms with Gasteiger partial charge in [0.05, 0.1) is 0 Å². The molecule has 0 unspecified atom stereocenters. The predicted octanol–water partition coefficient (Wildman–Crippen LogP) is -0.951. The molecule has 4 nitrogen and oxygen atoms in total.